The summed E-state index contributed by atoms with van der Waals surface area (Å²) in [6.07, 6.45) is 5.40. The van der Waals surface area contributed by atoms with Gasteiger partial charge in [0.05, 0.1) is 53.2 Å². The van der Waals surface area contributed by atoms with E-state index in [1.165, 1.54) is 14.2 Å². The van der Waals surface area contributed by atoms with Crippen molar-refractivity contribution < 1.29 is 28.6 Å². The number of carbonyl (C=O) groups excluding carboxylic acids is 3. The van der Waals surface area contributed by atoms with Crippen molar-refractivity contribution in [2.24, 2.45) is 0 Å². The molecule has 4 N–H and O–H groups in total. The Bertz CT molecular complexity index is 2120. The highest BCUT2D eigenvalue weighted by atomic mass is 16.5. The first-order chi connectivity index (χ1) is 22.4. The SMILES string of the molecule is CCCCNC(=O)COc1ccccc1-c1c2nc(c(C(=O)OC)c3ccc([nH]3)c3ccc([nH]3)c(C(=O)OC)c3ccc1[nH]3)C=C2. The third-order valence-electron chi connectivity index (χ3n) is 7.72. The average Bonchev–Trinajstić information content (AvgIpc) is 3.90. The van der Waals surface area contributed by atoms with Gasteiger partial charge in [-0.25, -0.2) is 14.6 Å². The normalized spacial score (nSPS) is 11.5. The predicted molar refractivity (Wildman–Crippen MR) is 177 cm³/mol. The van der Waals surface area contributed by atoms with Crippen LogP contribution in [0.25, 0.3) is 56.4 Å². The molecule has 0 atom stereocenters. The Morgan fingerprint density at radius 1 is 0.717 bits per heavy atom. The molecule has 6 rings (SSSR count). The number of nitrogens with one attached hydrogen (secondary N) is 4. The number of amides is 1. The molecule has 234 valence electrons. The van der Waals surface area contributed by atoms with Crippen molar-refractivity contribution in [2.45, 2.75) is 19.8 Å². The molecule has 11 nitrogen and oxygen atoms in total. The van der Waals surface area contributed by atoms with Crippen molar-refractivity contribution >= 4 is 63.1 Å². The molecule has 8 bridgehead atoms. The lowest BCUT2D eigenvalue weighted by Gasteiger charge is -2.13. The molecule has 0 fully saturated rings. The maximum Gasteiger partial charge on any atom is 0.342 e. The summed E-state index contributed by atoms with van der Waals surface area (Å²) >= 11 is 0. The van der Waals surface area contributed by atoms with Gasteiger partial charge in [0.1, 0.15) is 16.9 Å². The highest BCUT2D eigenvalue weighted by Gasteiger charge is 2.21. The van der Waals surface area contributed by atoms with Crippen molar-refractivity contribution in [1.82, 2.24) is 25.3 Å². The van der Waals surface area contributed by atoms with Gasteiger partial charge in [0.25, 0.3) is 5.91 Å². The van der Waals surface area contributed by atoms with E-state index >= 15 is 0 Å². The number of benzene rings is 1. The van der Waals surface area contributed by atoms with Crippen LogP contribution >= 0.6 is 0 Å². The fraction of sp³-hybridized carbons (Fsp3) is 0.200. The minimum atomic E-state index is -0.558. The van der Waals surface area contributed by atoms with E-state index in [1.807, 2.05) is 36.4 Å². The molecule has 0 saturated heterocycles. The summed E-state index contributed by atoms with van der Waals surface area (Å²) < 4.78 is 16.4. The molecule has 0 unspecified atom stereocenters. The van der Waals surface area contributed by atoms with E-state index in [1.54, 1.807) is 36.4 Å². The molecule has 0 saturated carbocycles. The summed E-state index contributed by atoms with van der Waals surface area (Å²) in [4.78, 5) is 53.7. The Balaban J connectivity index is 1.66. The maximum atomic E-state index is 13.2. The standard InChI is InChI=1S/C35H33N5O6/c1-4-5-18-36-30(41)19-46-29-9-7-6-8-20(29)31-23-14-16-27(39-23)32(34(42)44-2)25-12-10-21(37-25)22-11-13-26(38-22)33(35(43)45-3)28-17-15-24(31)40-28/h6-17,37-39H,4-5,18-19H2,1-3H3,(H,36,41). The number of aromatic nitrogens is 4. The second-order valence-electron chi connectivity index (χ2n) is 10.7. The summed E-state index contributed by atoms with van der Waals surface area (Å²) in [5.41, 5.74) is 6.31. The summed E-state index contributed by atoms with van der Waals surface area (Å²) in [7, 11) is 2.66. The average molecular weight is 620 g/mol. The first kappa shape index (κ1) is 30.2. The van der Waals surface area contributed by atoms with Crippen LogP contribution in [0.1, 0.15) is 51.9 Å². The van der Waals surface area contributed by atoms with Crippen LogP contribution in [-0.2, 0) is 14.3 Å². The first-order valence-corrected chi connectivity index (χ1v) is 14.9. The van der Waals surface area contributed by atoms with Crippen LogP contribution in [0.3, 0.4) is 0 Å². The zero-order chi connectivity index (χ0) is 32.2. The minimum absolute atomic E-state index is 0.172. The van der Waals surface area contributed by atoms with Gasteiger partial charge in [-0.15, -0.1) is 0 Å². The Kier molecular flexibility index (Phi) is 8.55. The number of para-hydroxylation sites is 1. The fourth-order valence-electron chi connectivity index (χ4n) is 5.46. The Morgan fingerprint density at radius 2 is 1.28 bits per heavy atom. The van der Waals surface area contributed by atoms with Gasteiger partial charge in [0.2, 0.25) is 0 Å². The lowest BCUT2D eigenvalue weighted by atomic mass is 10.0. The number of ether oxygens (including phenoxy) is 3. The van der Waals surface area contributed by atoms with E-state index in [0.29, 0.717) is 73.5 Å². The van der Waals surface area contributed by atoms with Crippen LogP contribution in [0.4, 0.5) is 0 Å². The van der Waals surface area contributed by atoms with Gasteiger partial charge in [0, 0.05) is 23.2 Å². The van der Waals surface area contributed by atoms with Gasteiger partial charge in [-0.05, 0) is 61.0 Å². The van der Waals surface area contributed by atoms with Gasteiger partial charge >= 0.3 is 11.9 Å². The number of nitrogens with zero attached hydrogens (tertiary/aromatic N) is 1. The van der Waals surface area contributed by atoms with E-state index < -0.39 is 11.9 Å². The van der Waals surface area contributed by atoms with Crippen LogP contribution in [0, 0.1) is 0 Å². The molecule has 1 aliphatic rings. The fourth-order valence-corrected chi connectivity index (χ4v) is 5.46. The summed E-state index contributed by atoms with van der Waals surface area (Å²) in [6.45, 7) is 2.46. The number of fused-ring (bicyclic) bond motifs is 9. The molecule has 0 aliphatic carbocycles. The maximum absolute atomic E-state index is 13.2. The zero-order valence-corrected chi connectivity index (χ0v) is 25.7. The third-order valence-corrected chi connectivity index (χ3v) is 7.72. The van der Waals surface area contributed by atoms with Crippen LogP contribution < -0.4 is 10.1 Å². The lowest BCUT2D eigenvalue weighted by molar-refractivity contribution is -0.123. The van der Waals surface area contributed by atoms with Crippen LogP contribution in [0.2, 0.25) is 0 Å². The van der Waals surface area contributed by atoms with Gasteiger partial charge in [-0.2, -0.15) is 0 Å². The molecule has 11 heteroatoms. The smallest absolute Gasteiger partial charge is 0.342 e. The first-order valence-electron chi connectivity index (χ1n) is 14.9. The summed E-state index contributed by atoms with van der Waals surface area (Å²) in [5.74, 6) is -0.860. The van der Waals surface area contributed by atoms with E-state index in [4.69, 9.17) is 19.2 Å². The van der Waals surface area contributed by atoms with E-state index in [2.05, 4.69) is 27.2 Å². The largest absolute Gasteiger partial charge is 0.483 e. The minimum Gasteiger partial charge on any atom is -0.483 e. The monoisotopic (exact) mass is 619 g/mol. The molecule has 5 heterocycles. The highest BCUT2D eigenvalue weighted by molar-refractivity contribution is 6.06. The van der Waals surface area contributed by atoms with Gasteiger partial charge in [0.15, 0.2) is 6.61 Å². The number of hydrogen-bond acceptors (Lipinski definition) is 7. The number of methoxy groups -OCH3 is 2. The molecule has 46 heavy (non-hydrogen) atoms. The molecule has 1 aliphatic heterocycles. The van der Waals surface area contributed by atoms with Crippen molar-refractivity contribution in [3.63, 3.8) is 0 Å². The molecular formula is C35H33N5O6. The van der Waals surface area contributed by atoms with Crippen LogP contribution in [-0.4, -0.2) is 65.2 Å². The molecule has 5 aromatic rings. The quantitative estimate of drug-likeness (QED) is 0.111. The molecule has 1 aromatic carbocycles. The number of unbranched alkanes of at least 4 members (excludes halogenated alkanes) is 1. The van der Waals surface area contributed by atoms with Gasteiger partial charge < -0.3 is 34.5 Å². The highest BCUT2D eigenvalue weighted by Crippen LogP contribution is 2.37. The van der Waals surface area contributed by atoms with Crippen molar-refractivity contribution in [3.05, 3.63) is 83.2 Å². The van der Waals surface area contributed by atoms with E-state index in [0.717, 1.165) is 12.8 Å². The van der Waals surface area contributed by atoms with Crippen molar-refractivity contribution in [1.29, 1.82) is 0 Å². The molecule has 1 amide bonds. The van der Waals surface area contributed by atoms with Gasteiger partial charge in [-0.1, -0.05) is 31.5 Å². The Labute approximate surface area is 264 Å². The third kappa shape index (κ3) is 5.82. The predicted octanol–water partition coefficient (Wildman–Crippen LogP) is 6.23. The van der Waals surface area contributed by atoms with Crippen molar-refractivity contribution in [3.8, 4) is 16.9 Å². The van der Waals surface area contributed by atoms with Gasteiger partial charge in [-0.3, -0.25) is 4.79 Å². The zero-order valence-electron chi connectivity index (χ0n) is 25.7. The van der Waals surface area contributed by atoms with E-state index in [-0.39, 0.29) is 18.1 Å². The molecule has 0 spiro atoms. The molecule has 0 radical (unpaired) electrons. The topological polar surface area (TPSA) is 151 Å². The molecular weight excluding hydrogens is 586 g/mol. The second kappa shape index (κ2) is 13.0. The molecule has 4 aromatic heterocycles. The lowest BCUT2D eigenvalue weighted by Crippen LogP contribution is -2.29. The Morgan fingerprint density at radius 3 is 1.96 bits per heavy atom. The number of carbonyl (C=O) groups is 3. The number of hydrogen-bond donors (Lipinski definition) is 4. The summed E-state index contributed by atoms with van der Waals surface area (Å²) in [5, 5.41) is 2.87. The number of rotatable bonds is 9. The van der Waals surface area contributed by atoms with Crippen molar-refractivity contribution in [2.75, 3.05) is 27.4 Å². The Hall–Kier alpha value is -5.84. The van der Waals surface area contributed by atoms with Crippen LogP contribution in [0.5, 0.6) is 5.75 Å². The number of aromatic amines is 3. The number of esters is 2. The van der Waals surface area contributed by atoms with Crippen LogP contribution in [0.15, 0.2) is 60.7 Å². The number of H-pyrrole nitrogens is 3. The van der Waals surface area contributed by atoms with E-state index in [9.17, 15) is 14.4 Å². The second-order valence-corrected chi connectivity index (χ2v) is 10.7. The summed E-state index contributed by atoms with van der Waals surface area (Å²) in [6, 6.07) is 18.2.